The minimum atomic E-state index is -1.40. The lowest BCUT2D eigenvalue weighted by atomic mass is 9.97. The Labute approximate surface area is 137 Å². The van der Waals surface area contributed by atoms with Crippen LogP contribution >= 0.6 is 0 Å². The number of amides is 1. The van der Waals surface area contributed by atoms with Crippen molar-refractivity contribution in [2.24, 2.45) is 10.8 Å². The molecular weight excluding hydrogens is 318 g/mol. The summed E-state index contributed by atoms with van der Waals surface area (Å²) >= 11 is 0. The zero-order chi connectivity index (χ0) is 17.7. The minimum Gasteiger partial charge on any atom is -0.493 e. The normalized spacial score (nSPS) is 27.3. The molecule has 0 radical (unpaired) electrons. The van der Waals surface area contributed by atoms with Crippen molar-refractivity contribution in [3.63, 3.8) is 0 Å². The van der Waals surface area contributed by atoms with E-state index in [9.17, 15) is 24.6 Å². The Bertz CT molecular complexity index is 718. The highest BCUT2D eigenvalue weighted by atomic mass is 16.5. The predicted octanol–water partition coefficient (Wildman–Crippen LogP) is 0.705. The maximum atomic E-state index is 12.8. The number of carbonyl (C=O) groups is 3. The second kappa shape index (κ2) is 5.12. The van der Waals surface area contributed by atoms with Crippen molar-refractivity contribution in [2.75, 3.05) is 27.3 Å². The van der Waals surface area contributed by atoms with Gasteiger partial charge in [-0.2, -0.15) is 0 Å². The Morgan fingerprint density at radius 3 is 2.08 bits per heavy atom. The molecule has 0 unspecified atom stereocenters. The number of nitrogens with zero attached hydrogens (tertiary/aromatic N) is 1. The predicted molar refractivity (Wildman–Crippen MR) is 80.2 cm³/mol. The van der Waals surface area contributed by atoms with E-state index in [-0.39, 0.29) is 30.8 Å². The first-order valence-electron chi connectivity index (χ1n) is 7.30. The van der Waals surface area contributed by atoms with Crippen molar-refractivity contribution in [2.45, 2.75) is 6.42 Å². The summed E-state index contributed by atoms with van der Waals surface area (Å²) in [6.07, 6.45) is 0.0453. The summed E-state index contributed by atoms with van der Waals surface area (Å²) < 4.78 is 10.4. The molecule has 0 bridgehead atoms. The number of piperidine rings is 1. The van der Waals surface area contributed by atoms with Gasteiger partial charge in [-0.05, 0) is 18.6 Å². The molecular formula is C16H17NO7. The Kier molecular flexibility index (Phi) is 3.43. The summed E-state index contributed by atoms with van der Waals surface area (Å²) in [5, 5.41) is 18.9. The van der Waals surface area contributed by atoms with E-state index in [1.54, 1.807) is 12.1 Å². The summed E-state index contributed by atoms with van der Waals surface area (Å²) in [6.45, 7) is -0.262. The quantitative estimate of drug-likeness (QED) is 0.814. The summed E-state index contributed by atoms with van der Waals surface area (Å²) in [5.41, 5.74) is -2.60. The lowest BCUT2D eigenvalue weighted by Gasteiger charge is -2.21. The molecule has 0 spiro atoms. The van der Waals surface area contributed by atoms with Gasteiger partial charge in [-0.3, -0.25) is 14.4 Å². The third-order valence-corrected chi connectivity index (χ3v) is 5.06. The molecule has 1 saturated heterocycles. The topological polar surface area (TPSA) is 113 Å². The van der Waals surface area contributed by atoms with E-state index in [1.807, 2.05) is 0 Å². The van der Waals surface area contributed by atoms with Crippen LogP contribution in [0.2, 0.25) is 0 Å². The molecule has 1 heterocycles. The zero-order valence-corrected chi connectivity index (χ0v) is 13.2. The Morgan fingerprint density at radius 1 is 1.04 bits per heavy atom. The van der Waals surface area contributed by atoms with Gasteiger partial charge in [-0.25, -0.2) is 0 Å². The van der Waals surface area contributed by atoms with Gasteiger partial charge in [0.15, 0.2) is 11.5 Å². The van der Waals surface area contributed by atoms with Gasteiger partial charge in [0, 0.05) is 13.1 Å². The highest BCUT2D eigenvalue weighted by Crippen LogP contribution is 2.68. The molecule has 1 aromatic rings. The average Bonchev–Trinajstić information content (AvgIpc) is 3.11. The van der Waals surface area contributed by atoms with Crippen molar-refractivity contribution < 1.29 is 34.1 Å². The van der Waals surface area contributed by atoms with Crippen molar-refractivity contribution in [3.05, 3.63) is 23.8 Å². The number of carboxylic acid groups (broad SMARTS) is 2. The molecule has 1 aromatic carbocycles. The highest BCUT2D eigenvalue weighted by Gasteiger charge is 2.81. The van der Waals surface area contributed by atoms with E-state index in [0.29, 0.717) is 5.75 Å². The van der Waals surface area contributed by atoms with Crippen molar-refractivity contribution in [3.8, 4) is 11.5 Å². The van der Waals surface area contributed by atoms with E-state index < -0.39 is 28.7 Å². The number of hydrogen-bond donors (Lipinski definition) is 2. The van der Waals surface area contributed by atoms with Gasteiger partial charge in [0.25, 0.3) is 5.91 Å². The number of aliphatic carboxylic acids is 2. The number of carboxylic acids is 2. The molecule has 2 N–H and O–H groups in total. The molecule has 1 aliphatic heterocycles. The molecule has 8 heteroatoms. The van der Waals surface area contributed by atoms with Gasteiger partial charge in [0.1, 0.15) is 10.8 Å². The standard InChI is InChI=1S/C16H17NO7/c1-23-10-5-3-4-9(11(10)24-2)12(18)17-7-15(13(19)20)6-16(15,8-17)14(21)22/h3-5H,6-8H2,1-2H3,(H,19,20)(H,21,22)/t15-,16+. The van der Waals surface area contributed by atoms with Gasteiger partial charge < -0.3 is 24.6 Å². The largest absolute Gasteiger partial charge is 0.493 e. The lowest BCUT2D eigenvalue weighted by molar-refractivity contribution is -0.151. The fraction of sp³-hybridized carbons (Fsp3) is 0.438. The van der Waals surface area contributed by atoms with Crippen LogP contribution in [0.15, 0.2) is 18.2 Å². The van der Waals surface area contributed by atoms with Crippen molar-refractivity contribution >= 4 is 17.8 Å². The van der Waals surface area contributed by atoms with Gasteiger partial charge in [0.05, 0.1) is 19.8 Å². The molecule has 0 aromatic heterocycles. The number of ether oxygens (including phenoxy) is 2. The third kappa shape index (κ3) is 1.88. The van der Waals surface area contributed by atoms with Gasteiger partial charge >= 0.3 is 11.9 Å². The molecule has 1 amide bonds. The third-order valence-electron chi connectivity index (χ3n) is 5.06. The van der Waals surface area contributed by atoms with E-state index in [4.69, 9.17) is 9.47 Å². The van der Waals surface area contributed by atoms with Crippen LogP contribution in [0.5, 0.6) is 11.5 Å². The zero-order valence-electron chi connectivity index (χ0n) is 13.2. The van der Waals surface area contributed by atoms with Gasteiger partial charge in [0.2, 0.25) is 0 Å². The number of carbonyl (C=O) groups excluding carboxylic acids is 1. The van der Waals surface area contributed by atoms with Crippen LogP contribution in [0.4, 0.5) is 0 Å². The fourth-order valence-corrected chi connectivity index (χ4v) is 3.66. The first-order valence-corrected chi connectivity index (χ1v) is 7.30. The van der Waals surface area contributed by atoms with Gasteiger partial charge in [-0.15, -0.1) is 0 Å². The molecule has 128 valence electrons. The second-order valence-corrected chi connectivity index (χ2v) is 6.15. The molecule has 24 heavy (non-hydrogen) atoms. The second-order valence-electron chi connectivity index (χ2n) is 6.15. The number of para-hydroxylation sites is 1. The van der Waals surface area contributed by atoms with E-state index in [0.717, 1.165) is 0 Å². The first-order chi connectivity index (χ1) is 11.3. The molecule has 2 fully saturated rings. The number of likely N-dealkylation sites (tertiary alicyclic amines) is 1. The van der Waals surface area contributed by atoms with Crippen LogP contribution < -0.4 is 9.47 Å². The molecule has 2 aliphatic rings. The number of fused-ring (bicyclic) bond motifs is 1. The van der Waals surface area contributed by atoms with E-state index in [2.05, 4.69) is 0 Å². The summed E-state index contributed by atoms with van der Waals surface area (Å²) in [4.78, 5) is 37.2. The fourth-order valence-electron chi connectivity index (χ4n) is 3.66. The molecule has 1 aliphatic carbocycles. The van der Waals surface area contributed by atoms with Crippen LogP contribution in [0.25, 0.3) is 0 Å². The van der Waals surface area contributed by atoms with Crippen LogP contribution in [0.3, 0.4) is 0 Å². The number of rotatable bonds is 5. The van der Waals surface area contributed by atoms with Crippen molar-refractivity contribution in [1.29, 1.82) is 0 Å². The Balaban J connectivity index is 1.94. The van der Waals surface area contributed by atoms with E-state index in [1.165, 1.54) is 25.2 Å². The van der Waals surface area contributed by atoms with Crippen molar-refractivity contribution in [1.82, 2.24) is 4.90 Å². The highest BCUT2D eigenvalue weighted by molar-refractivity contribution is 6.01. The van der Waals surface area contributed by atoms with Crippen LogP contribution in [-0.4, -0.2) is 60.3 Å². The first kappa shape index (κ1) is 16.1. The van der Waals surface area contributed by atoms with E-state index >= 15 is 0 Å². The molecule has 1 saturated carbocycles. The maximum Gasteiger partial charge on any atom is 0.312 e. The molecule has 3 rings (SSSR count). The monoisotopic (exact) mass is 335 g/mol. The SMILES string of the molecule is COc1cccc(C(=O)N2C[C@@]3(C(=O)O)C[C@@]3(C(=O)O)C2)c1OC. The number of hydrogen-bond acceptors (Lipinski definition) is 5. The summed E-state index contributed by atoms with van der Waals surface area (Å²) in [7, 11) is 2.84. The summed E-state index contributed by atoms with van der Waals surface area (Å²) in [6, 6.07) is 4.79. The average molecular weight is 335 g/mol. The molecule has 2 atom stereocenters. The minimum absolute atomic E-state index is 0.0453. The van der Waals surface area contributed by atoms with Crippen LogP contribution in [0, 0.1) is 10.8 Å². The Morgan fingerprint density at radius 2 is 1.62 bits per heavy atom. The summed E-state index contributed by atoms with van der Waals surface area (Å²) in [5.74, 6) is -2.23. The number of benzene rings is 1. The smallest absolute Gasteiger partial charge is 0.312 e. The van der Waals surface area contributed by atoms with Gasteiger partial charge in [-0.1, -0.05) is 6.07 Å². The lowest BCUT2D eigenvalue weighted by Crippen LogP contribution is -2.34. The molecule has 8 nitrogen and oxygen atoms in total. The Hall–Kier alpha value is -2.77. The number of methoxy groups -OCH3 is 2. The maximum absolute atomic E-state index is 12.8. The van der Waals surface area contributed by atoms with Crippen LogP contribution in [-0.2, 0) is 9.59 Å². The van der Waals surface area contributed by atoms with Crippen LogP contribution in [0.1, 0.15) is 16.8 Å².